The van der Waals surface area contributed by atoms with E-state index in [0.29, 0.717) is 17.4 Å². The maximum atomic E-state index is 13.8. The van der Waals surface area contributed by atoms with Gasteiger partial charge in [0.1, 0.15) is 10.7 Å². The van der Waals surface area contributed by atoms with Gasteiger partial charge in [-0.05, 0) is 55.1 Å². The van der Waals surface area contributed by atoms with E-state index in [9.17, 15) is 12.8 Å². The molecule has 0 aromatic heterocycles. The molecule has 0 spiro atoms. The lowest BCUT2D eigenvalue weighted by Gasteiger charge is -2.19. The van der Waals surface area contributed by atoms with Crippen LogP contribution < -0.4 is 5.73 Å². The van der Waals surface area contributed by atoms with Crippen LogP contribution >= 0.6 is 15.9 Å². The van der Waals surface area contributed by atoms with Crippen LogP contribution in [0.25, 0.3) is 0 Å². The van der Waals surface area contributed by atoms with Gasteiger partial charge in [-0.2, -0.15) is 0 Å². The van der Waals surface area contributed by atoms with Crippen molar-refractivity contribution in [2.45, 2.75) is 11.3 Å². The molecule has 0 aliphatic heterocycles. The van der Waals surface area contributed by atoms with Crippen LogP contribution in [0.5, 0.6) is 0 Å². The molecular formula is C12H19BrFN3O2S. The monoisotopic (exact) mass is 367 g/mol. The standard InChI is InChI=1S/C12H19BrFN3O2S/c1-16(2)5-4-6-17(3)20(18,19)12-8-11(15)9(13)7-10(12)14/h7-8H,4-6,15H2,1-3H3. The highest BCUT2D eigenvalue weighted by Crippen LogP contribution is 2.27. The fourth-order valence-corrected chi connectivity index (χ4v) is 3.24. The minimum Gasteiger partial charge on any atom is -0.398 e. The molecule has 0 aliphatic rings. The van der Waals surface area contributed by atoms with Gasteiger partial charge in [-0.25, -0.2) is 17.1 Å². The van der Waals surface area contributed by atoms with Crippen LogP contribution in [0.15, 0.2) is 21.5 Å². The number of rotatable bonds is 6. The minimum absolute atomic E-state index is 0.187. The van der Waals surface area contributed by atoms with Crippen molar-refractivity contribution in [1.82, 2.24) is 9.21 Å². The SMILES string of the molecule is CN(C)CCCN(C)S(=O)(=O)c1cc(N)c(Br)cc1F. The minimum atomic E-state index is -3.87. The lowest BCUT2D eigenvalue weighted by molar-refractivity contribution is 0.369. The zero-order valence-electron chi connectivity index (χ0n) is 11.7. The second kappa shape index (κ2) is 6.84. The summed E-state index contributed by atoms with van der Waals surface area (Å²) in [7, 11) is 1.38. The van der Waals surface area contributed by atoms with Gasteiger partial charge in [0.15, 0.2) is 0 Å². The molecule has 0 radical (unpaired) electrons. The molecular weight excluding hydrogens is 349 g/mol. The van der Waals surface area contributed by atoms with E-state index in [0.717, 1.165) is 23.0 Å². The third-order valence-electron chi connectivity index (χ3n) is 2.82. The molecule has 0 amide bonds. The van der Waals surface area contributed by atoms with Crippen molar-refractivity contribution < 1.29 is 12.8 Å². The van der Waals surface area contributed by atoms with Gasteiger partial charge >= 0.3 is 0 Å². The second-order valence-corrected chi connectivity index (χ2v) is 7.66. The van der Waals surface area contributed by atoms with Gasteiger partial charge in [-0.1, -0.05) is 0 Å². The Morgan fingerprint density at radius 1 is 1.25 bits per heavy atom. The quantitative estimate of drug-likeness (QED) is 0.777. The van der Waals surface area contributed by atoms with Crippen molar-refractivity contribution in [2.24, 2.45) is 0 Å². The van der Waals surface area contributed by atoms with Crippen LogP contribution in [0, 0.1) is 5.82 Å². The Kier molecular flexibility index (Phi) is 5.93. The Hall–Kier alpha value is -0.700. The molecule has 0 bridgehead atoms. The molecule has 8 heteroatoms. The van der Waals surface area contributed by atoms with E-state index in [1.165, 1.54) is 7.05 Å². The van der Waals surface area contributed by atoms with Gasteiger partial charge < -0.3 is 10.6 Å². The number of anilines is 1. The maximum absolute atomic E-state index is 13.8. The molecule has 0 unspecified atom stereocenters. The molecule has 20 heavy (non-hydrogen) atoms. The zero-order chi connectivity index (χ0) is 15.5. The number of hydrogen-bond acceptors (Lipinski definition) is 4. The lowest BCUT2D eigenvalue weighted by atomic mass is 10.3. The summed E-state index contributed by atoms with van der Waals surface area (Å²) >= 11 is 3.06. The molecule has 1 aromatic carbocycles. The first-order chi connectivity index (χ1) is 9.16. The molecule has 2 N–H and O–H groups in total. The van der Waals surface area contributed by atoms with E-state index in [2.05, 4.69) is 15.9 Å². The van der Waals surface area contributed by atoms with Crippen LogP contribution in [-0.2, 0) is 10.0 Å². The fourth-order valence-electron chi connectivity index (χ4n) is 1.64. The average Bonchev–Trinajstić information content (AvgIpc) is 2.32. The first-order valence-electron chi connectivity index (χ1n) is 6.02. The molecule has 0 atom stereocenters. The average molecular weight is 368 g/mol. The van der Waals surface area contributed by atoms with Gasteiger partial charge in [-0.3, -0.25) is 0 Å². The summed E-state index contributed by atoms with van der Waals surface area (Å²) in [6.45, 7) is 1.07. The van der Waals surface area contributed by atoms with E-state index < -0.39 is 20.7 Å². The van der Waals surface area contributed by atoms with Gasteiger partial charge in [-0.15, -0.1) is 0 Å². The van der Waals surface area contributed by atoms with Crippen molar-refractivity contribution >= 4 is 31.6 Å². The topological polar surface area (TPSA) is 66.6 Å². The highest BCUT2D eigenvalue weighted by molar-refractivity contribution is 9.10. The maximum Gasteiger partial charge on any atom is 0.245 e. The van der Waals surface area contributed by atoms with Crippen LogP contribution in [-0.4, -0.2) is 51.9 Å². The Morgan fingerprint density at radius 2 is 1.85 bits per heavy atom. The highest BCUT2D eigenvalue weighted by atomic mass is 79.9. The van der Waals surface area contributed by atoms with Crippen LogP contribution in [0.1, 0.15) is 6.42 Å². The molecule has 0 fully saturated rings. The van der Waals surface area contributed by atoms with E-state index in [4.69, 9.17) is 5.73 Å². The third kappa shape index (κ3) is 4.15. The van der Waals surface area contributed by atoms with E-state index >= 15 is 0 Å². The van der Waals surface area contributed by atoms with E-state index in [1.54, 1.807) is 0 Å². The number of benzene rings is 1. The number of sulfonamides is 1. The number of halogens is 2. The smallest absolute Gasteiger partial charge is 0.245 e. The highest BCUT2D eigenvalue weighted by Gasteiger charge is 2.25. The molecule has 5 nitrogen and oxygen atoms in total. The number of nitrogens with zero attached hydrogens (tertiary/aromatic N) is 2. The van der Waals surface area contributed by atoms with E-state index in [-0.39, 0.29) is 5.69 Å². The van der Waals surface area contributed by atoms with Crippen molar-refractivity contribution in [3.63, 3.8) is 0 Å². The predicted octanol–water partition coefficient (Wildman–Crippen LogP) is 1.74. The second-order valence-electron chi connectivity index (χ2n) is 4.79. The fraction of sp³-hybridized carbons (Fsp3) is 0.500. The van der Waals surface area contributed by atoms with Crippen molar-refractivity contribution in [3.05, 3.63) is 22.4 Å². The Bertz CT molecular complexity index is 578. The molecule has 0 aliphatic carbocycles. The number of nitrogen functional groups attached to an aromatic ring is 1. The van der Waals surface area contributed by atoms with Crippen molar-refractivity contribution in [2.75, 3.05) is 40.0 Å². The molecule has 1 aromatic rings. The molecule has 0 heterocycles. The normalized spacial score (nSPS) is 12.3. The lowest BCUT2D eigenvalue weighted by Crippen LogP contribution is -2.30. The summed E-state index contributed by atoms with van der Waals surface area (Å²) in [6, 6.07) is 2.20. The Morgan fingerprint density at radius 3 is 2.40 bits per heavy atom. The van der Waals surface area contributed by atoms with Crippen LogP contribution in [0.4, 0.5) is 10.1 Å². The summed E-state index contributed by atoms with van der Waals surface area (Å²) in [5.41, 5.74) is 5.81. The van der Waals surface area contributed by atoms with Crippen LogP contribution in [0.2, 0.25) is 0 Å². The molecule has 0 saturated carbocycles. The number of hydrogen-bond donors (Lipinski definition) is 1. The summed E-state index contributed by atoms with van der Waals surface area (Å²) in [6.07, 6.45) is 0.663. The van der Waals surface area contributed by atoms with Gasteiger partial charge in [0.2, 0.25) is 10.0 Å². The number of nitrogens with two attached hydrogens (primary N) is 1. The van der Waals surface area contributed by atoms with Crippen LogP contribution in [0.3, 0.4) is 0 Å². The Balaban J connectivity index is 2.96. The summed E-state index contributed by atoms with van der Waals surface area (Å²) in [4.78, 5) is 1.56. The molecule has 1 rings (SSSR count). The van der Waals surface area contributed by atoms with Crippen molar-refractivity contribution in [1.29, 1.82) is 0 Å². The van der Waals surface area contributed by atoms with E-state index in [1.807, 2.05) is 19.0 Å². The molecule has 0 saturated heterocycles. The first-order valence-corrected chi connectivity index (χ1v) is 8.25. The van der Waals surface area contributed by atoms with Crippen molar-refractivity contribution in [3.8, 4) is 0 Å². The Labute approximate surface area is 127 Å². The van der Waals surface area contributed by atoms with Gasteiger partial charge in [0.25, 0.3) is 0 Å². The largest absolute Gasteiger partial charge is 0.398 e. The van der Waals surface area contributed by atoms with Gasteiger partial charge in [0, 0.05) is 23.8 Å². The summed E-state index contributed by atoms with van der Waals surface area (Å²) in [5, 5.41) is 0. The third-order valence-corrected chi connectivity index (χ3v) is 5.38. The zero-order valence-corrected chi connectivity index (χ0v) is 14.1. The van der Waals surface area contributed by atoms with Gasteiger partial charge in [0.05, 0.1) is 0 Å². The molecule has 114 valence electrons. The predicted molar refractivity (Wildman–Crippen MR) is 81.5 cm³/mol. The summed E-state index contributed by atoms with van der Waals surface area (Å²) in [5.74, 6) is -0.814. The summed E-state index contributed by atoms with van der Waals surface area (Å²) < 4.78 is 39.9. The first kappa shape index (κ1) is 17.4.